The van der Waals surface area contributed by atoms with Crippen molar-refractivity contribution >= 4 is 69.2 Å². The quantitative estimate of drug-likeness (QED) is 0.174. The molecule has 0 spiro atoms. The normalized spacial score (nSPS) is 14.0. The molecule has 0 atom stereocenters. The zero-order valence-electron chi connectivity index (χ0n) is 20.4. The minimum absolute atomic E-state index is 0.143. The van der Waals surface area contributed by atoms with E-state index < -0.39 is 0 Å². The minimum atomic E-state index is -0.287. The molecule has 2 amide bonds. The van der Waals surface area contributed by atoms with Crippen molar-refractivity contribution in [2.24, 2.45) is 0 Å². The van der Waals surface area contributed by atoms with Gasteiger partial charge in [0, 0.05) is 10.7 Å². The highest BCUT2D eigenvalue weighted by Crippen LogP contribution is 2.37. The molecule has 0 radical (unpaired) electrons. The lowest BCUT2D eigenvalue weighted by Crippen LogP contribution is -2.27. The number of benzene rings is 4. The zero-order chi connectivity index (χ0) is 27.2. The van der Waals surface area contributed by atoms with E-state index in [-0.39, 0.29) is 18.4 Å². The molecule has 5 rings (SSSR count). The lowest BCUT2D eigenvalue weighted by atomic mass is 10.2. The number of para-hydroxylation sites is 1. The van der Waals surface area contributed by atoms with Crippen molar-refractivity contribution < 1.29 is 19.1 Å². The fraction of sp³-hybridized carbons (Fsp3) is 0.0333. The smallest absolute Gasteiger partial charge is 0.270 e. The molecule has 0 saturated carbocycles. The van der Waals surface area contributed by atoms with E-state index in [0.717, 1.165) is 11.3 Å². The molecule has 6 nitrogen and oxygen atoms in total. The molecule has 1 heterocycles. The first kappa shape index (κ1) is 26.5. The highest BCUT2D eigenvalue weighted by atomic mass is 35.5. The second-order valence-corrected chi connectivity index (χ2v) is 10.5. The molecule has 1 N–H and O–H groups in total. The van der Waals surface area contributed by atoms with Gasteiger partial charge in [-0.05, 0) is 84.4 Å². The summed E-state index contributed by atoms with van der Waals surface area (Å²) in [5, 5.41) is 3.34. The van der Waals surface area contributed by atoms with Crippen molar-refractivity contribution in [3.63, 3.8) is 0 Å². The van der Waals surface area contributed by atoms with E-state index in [4.69, 9.17) is 33.3 Å². The fourth-order valence-electron chi connectivity index (χ4n) is 3.67. The van der Waals surface area contributed by atoms with Crippen LogP contribution >= 0.6 is 35.6 Å². The van der Waals surface area contributed by atoms with E-state index in [0.29, 0.717) is 37.1 Å². The first-order chi connectivity index (χ1) is 18.9. The van der Waals surface area contributed by atoms with E-state index in [1.54, 1.807) is 66.7 Å². The third-order valence-corrected chi connectivity index (χ3v) is 7.10. The highest BCUT2D eigenvalue weighted by Gasteiger charge is 2.33. The second-order valence-electron chi connectivity index (χ2n) is 8.34. The Morgan fingerprint density at radius 3 is 2.21 bits per heavy atom. The number of nitrogens with one attached hydrogen (secondary N) is 1. The van der Waals surface area contributed by atoms with Gasteiger partial charge in [-0.25, -0.2) is 0 Å². The number of carbonyl (C=O) groups excluding carboxylic acids is 2. The Balaban J connectivity index is 1.18. The number of thiocarbonyl (C=S) groups is 1. The molecule has 0 unspecified atom stereocenters. The maximum absolute atomic E-state index is 13.2. The summed E-state index contributed by atoms with van der Waals surface area (Å²) in [6.07, 6.45) is 1.78. The van der Waals surface area contributed by atoms with Crippen molar-refractivity contribution in [2.45, 2.75) is 0 Å². The van der Waals surface area contributed by atoms with Gasteiger partial charge < -0.3 is 14.8 Å². The molecular weight excluding hydrogens is 552 g/mol. The Bertz CT molecular complexity index is 1520. The molecule has 4 aromatic rings. The molecule has 1 aliphatic heterocycles. The number of thioether (sulfide) groups is 1. The number of rotatable bonds is 8. The number of halogens is 1. The Morgan fingerprint density at radius 1 is 0.872 bits per heavy atom. The number of ether oxygens (including phenoxy) is 2. The Hall–Kier alpha value is -4.11. The van der Waals surface area contributed by atoms with Crippen molar-refractivity contribution in [3.05, 3.63) is 119 Å². The minimum Gasteiger partial charge on any atom is -0.484 e. The van der Waals surface area contributed by atoms with Crippen LogP contribution in [0.3, 0.4) is 0 Å². The zero-order valence-corrected chi connectivity index (χ0v) is 22.8. The second kappa shape index (κ2) is 12.2. The third kappa shape index (κ3) is 6.86. The largest absolute Gasteiger partial charge is 0.484 e. The number of anilines is 2. The van der Waals surface area contributed by atoms with Gasteiger partial charge in [0.05, 0.1) is 10.6 Å². The van der Waals surface area contributed by atoms with E-state index in [1.165, 1.54) is 16.7 Å². The molecule has 1 fully saturated rings. The molecule has 39 heavy (non-hydrogen) atoms. The van der Waals surface area contributed by atoms with Crippen molar-refractivity contribution in [3.8, 4) is 17.2 Å². The maximum atomic E-state index is 13.2. The monoisotopic (exact) mass is 572 g/mol. The van der Waals surface area contributed by atoms with Gasteiger partial charge in [-0.15, -0.1) is 0 Å². The van der Waals surface area contributed by atoms with Gasteiger partial charge in [0.2, 0.25) is 0 Å². The van der Waals surface area contributed by atoms with Crippen LogP contribution in [0.4, 0.5) is 11.4 Å². The molecule has 194 valence electrons. The predicted octanol–water partition coefficient (Wildman–Crippen LogP) is 7.56. The van der Waals surface area contributed by atoms with Crippen LogP contribution in [0.25, 0.3) is 6.08 Å². The summed E-state index contributed by atoms with van der Waals surface area (Å²) in [5.41, 5.74) is 2.11. The molecule has 1 saturated heterocycles. The van der Waals surface area contributed by atoms with Crippen molar-refractivity contribution in [2.75, 3.05) is 16.8 Å². The number of carbonyl (C=O) groups is 2. The first-order valence-electron chi connectivity index (χ1n) is 11.8. The van der Waals surface area contributed by atoms with E-state index in [9.17, 15) is 9.59 Å². The summed E-state index contributed by atoms with van der Waals surface area (Å²) < 4.78 is 11.9. The Morgan fingerprint density at radius 2 is 1.51 bits per heavy atom. The summed E-state index contributed by atoms with van der Waals surface area (Å²) in [5.74, 6) is 1.45. The van der Waals surface area contributed by atoms with E-state index in [2.05, 4.69) is 5.32 Å². The van der Waals surface area contributed by atoms with Crippen LogP contribution in [-0.2, 0) is 9.59 Å². The van der Waals surface area contributed by atoms with Gasteiger partial charge in [0.15, 0.2) is 10.9 Å². The Kier molecular flexibility index (Phi) is 8.27. The summed E-state index contributed by atoms with van der Waals surface area (Å²) in [6.45, 7) is -0.143. The van der Waals surface area contributed by atoms with Gasteiger partial charge in [-0.3, -0.25) is 14.5 Å². The summed E-state index contributed by atoms with van der Waals surface area (Å²) >= 11 is 12.6. The Labute approximate surface area is 240 Å². The molecule has 0 aromatic heterocycles. The lowest BCUT2D eigenvalue weighted by Gasteiger charge is -2.15. The fourth-order valence-corrected chi connectivity index (χ4v) is 5.09. The highest BCUT2D eigenvalue weighted by molar-refractivity contribution is 8.27. The van der Waals surface area contributed by atoms with Gasteiger partial charge >= 0.3 is 0 Å². The topological polar surface area (TPSA) is 67.9 Å². The van der Waals surface area contributed by atoms with E-state index in [1.807, 2.05) is 42.5 Å². The predicted molar refractivity (Wildman–Crippen MR) is 161 cm³/mol. The number of hydrogen-bond acceptors (Lipinski definition) is 6. The van der Waals surface area contributed by atoms with Crippen LogP contribution in [0, 0.1) is 0 Å². The average Bonchev–Trinajstić information content (AvgIpc) is 3.23. The van der Waals surface area contributed by atoms with Gasteiger partial charge in [0.25, 0.3) is 11.8 Å². The van der Waals surface area contributed by atoms with Gasteiger partial charge in [0.1, 0.15) is 17.2 Å². The van der Waals surface area contributed by atoms with Crippen LogP contribution in [0.5, 0.6) is 17.2 Å². The van der Waals surface area contributed by atoms with E-state index >= 15 is 0 Å². The number of amides is 2. The molecule has 1 aliphatic rings. The average molecular weight is 573 g/mol. The molecule has 0 bridgehead atoms. The van der Waals surface area contributed by atoms with Crippen molar-refractivity contribution in [1.29, 1.82) is 0 Å². The third-order valence-electron chi connectivity index (χ3n) is 5.54. The van der Waals surface area contributed by atoms with Crippen molar-refractivity contribution in [1.82, 2.24) is 0 Å². The van der Waals surface area contributed by atoms with Crippen LogP contribution < -0.4 is 19.7 Å². The van der Waals surface area contributed by atoms with Gasteiger partial charge in [-0.2, -0.15) is 0 Å². The molecule has 9 heteroatoms. The summed E-state index contributed by atoms with van der Waals surface area (Å²) in [4.78, 5) is 27.3. The SMILES string of the molecule is O=C(COc1ccc(/C=C2\SC(=S)N(c3ccc(Oc4ccccc4)cc3)C2=O)cc1)Nc1ccc(Cl)cc1. The molecular formula is C30H21ClN2O4S2. The number of hydrogen-bond donors (Lipinski definition) is 1. The first-order valence-corrected chi connectivity index (χ1v) is 13.4. The number of nitrogens with zero attached hydrogens (tertiary/aromatic N) is 1. The summed E-state index contributed by atoms with van der Waals surface area (Å²) in [6, 6.07) is 30.6. The van der Waals surface area contributed by atoms with Crippen LogP contribution in [0.2, 0.25) is 5.02 Å². The van der Waals surface area contributed by atoms with Gasteiger partial charge in [-0.1, -0.05) is 65.9 Å². The van der Waals surface area contributed by atoms with Crippen LogP contribution in [-0.4, -0.2) is 22.7 Å². The molecule has 0 aliphatic carbocycles. The summed E-state index contributed by atoms with van der Waals surface area (Å²) in [7, 11) is 0. The standard InChI is InChI=1S/C30H21ClN2O4S2/c31-21-8-10-22(11-9-21)32-28(34)19-36-24-14-6-20(7-15-24)18-27-29(35)33(30(38)39-27)23-12-16-26(17-13-23)37-25-4-2-1-3-5-25/h1-18H,19H2,(H,32,34)/b27-18-. The van der Waals surface area contributed by atoms with Crippen LogP contribution in [0.1, 0.15) is 5.56 Å². The molecule has 4 aromatic carbocycles. The van der Waals surface area contributed by atoms with Crippen LogP contribution in [0.15, 0.2) is 108 Å². The lowest BCUT2D eigenvalue weighted by molar-refractivity contribution is -0.118. The maximum Gasteiger partial charge on any atom is 0.270 e.